The number of benzene rings is 2. The first-order chi connectivity index (χ1) is 14.5. The van der Waals surface area contributed by atoms with Crippen molar-refractivity contribution in [2.75, 3.05) is 30.4 Å². The van der Waals surface area contributed by atoms with Crippen molar-refractivity contribution in [1.82, 2.24) is 0 Å². The van der Waals surface area contributed by atoms with Gasteiger partial charge in [-0.05, 0) is 61.6 Å². The van der Waals surface area contributed by atoms with Crippen molar-refractivity contribution < 1.29 is 13.9 Å². The van der Waals surface area contributed by atoms with Crippen LogP contribution in [-0.2, 0) is 12.8 Å². The fraction of sp³-hybridized carbons (Fsp3) is 0.304. The zero-order valence-corrected chi connectivity index (χ0v) is 17.4. The highest BCUT2D eigenvalue weighted by atomic mass is 35.5. The first-order valence-electron chi connectivity index (χ1n) is 10.1. The van der Waals surface area contributed by atoms with Crippen LogP contribution in [0, 0.1) is 5.41 Å². The number of anilines is 2. The predicted octanol–water partition coefficient (Wildman–Crippen LogP) is 4.53. The van der Waals surface area contributed by atoms with E-state index < -0.39 is 5.91 Å². The van der Waals surface area contributed by atoms with E-state index in [1.54, 1.807) is 24.3 Å². The van der Waals surface area contributed by atoms with Crippen LogP contribution < -0.4 is 20.5 Å². The molecule has 0 spiro atoms. The number of nitrogens with one attached hydrogen (secondary N) is 2. The summed E-state index contributed by atoms with van der Waals surface area (Å²) in [6.45, 7) is 2.14. The molecule has 3 heterocycles. The van der Waals surface area contributed by atoms with Crippen molar-refractivity contribution in [3.8, 4) is 5.75 Å². The van der Waals surface area contributed by atoms with Gasteiger partial charge in [0.15, 0.2) is 0 Å². The maximum absolute atomic E-state index is 13.0. The molecule has 0 saturated heterocycles. The minimum Gasteiger partial charge on any atom is -0.495 e. The maximum atomic E-state index is 13.0. The van der Waals surface area contributed by atoms with Gasteiger partial charge in [-0.3, -0.25) is 10.2 Å². The number of methoxy groups -OCH3 is 1. The summed E-state index contributed by atoms with van der Waals surface area (Å²) >= 11 is 6.06. The number of amides is 1. The molecule has 154 valence electrons. The van der Waals surface area contributed by atoms with Crippen LogP contribution >= 0.6 is 11.6 Å². The van der Waals surface area contributed by atoms with E-state index in [2.05, 4.69) is 16.3 Å². The van der Waals surface area contributed by atoms with Gasteiger partial charge in [0.05, 0.1) is 12.8 Å². The largest absolute Gasteiger partial charge is 0.495 e. The standard InChI is InChI=1S/C23H22ClN3O3/c1-29-19-7-6-15(24)12-18(19)26-23(28)17-11-14-10-13-4-2-8-27-9-3-5-16(20(13)27)21(14)30-22(17)25/h6-7,10-12,25H,2-5,8-9H2,1H3,(H,26,28). The number of nitrogens with zero attached hydrogens (tertiary/aromatic N) is 1. The molecule has 1 amide bonds. The second-order valence-electron chi connectivity index (χ2n) is 7.76. The van der Waals surface area contributed by atoms with Gasteiger partial charge < -0.3 is 19.4 Å². The lowest BCUT2D eigenvalue weighted by Crippen LogP contribution is -2.34. The van der Waals surface area contributed by atoms with E-state index in [4.69, 9.17) is 26.2 Å². The number of fused-ring (bicyclic) bond motifs is 2. The lowest BCUT2D eigenvalue weighted by atomic mass is 9.90. The molecular weight excluding hydrogens is 402 g/mol. The summed E-state index contributed by atoms with van der Waals surface area (Å²) in [6.07, 6.45) is 4.17. The number of aryl methyl sites for hydroxylation is 2. The zero-order chi connectivity index (χ0) is 20.8. The third-order valence-corrected chi connectivity index (χ3v) is 6.14. The van der Waals surface area contributed by atoms with Crippen molar-refractivity contribution in [3.63, 3.8) is 0 Å². The topological polar surface area (TPSA) is 78.6 Å². The van der Waals surface area contributed by atoms with Crippen LogP contribution in [0.4, 0.5) is 11.4 Å². The normalized spacial score (nSPS) is 15.1. The third kappa shape index (κ3) is 3.12. The Balaban J connectivity index is 1.59. The first-order valence-corrected chi connectivity index (χ1v) is 10.5. The highest BCUT2D eigenvalue weighted by Crippen LogP contribution is 2.39. The highest BCUT2D eigenvalue weighted by Gasteiger charge is 2.27. The van der Waals surface area contributed by atoms with Gasteiger partial charge >= 0.3 is 0 Å². The molecule has 6 nitrogen and oxygen atoms in total. The summed E-state index contributed by atoms with van der Waals surface area (Å²) in [6, 6.07) is 8.88. The van der Waals surface area contributed by atoms with Gasteiger partial charge in [-0.1, -0.05) is 11.6 Å². The Labute approximate surface area is 178 Å². The monoisotopic (exact) mass is 423 g/mol. The molecular formula is C23H22ClN3O3. The molecule has 2 N–H and O–H groups in total. The summed E-state index contributed by atoms with van der Waals surface area (Å²) in [4.78, 5) is 15.4. The maximum Gasteiger partial charge on any atom is 0.261 e. The molecule has 2 aliphatic rings. The minimum atomic E-state index is -0.431. The van der Waals surface area contributed by atoms with Gasteiger partial charge in [0, 0.05) is 34.7 Å². The number of ether oxygens (including phenoxy) is 1. The SMILES string of the molecule is COc1ccc(Cl)cc1NC(=O)c1cc2cc3c4c(c2oc1=N)CCCN4CCC3. The lowest BCUT2D eigenvalue weighted by molar-refractivity contribution is 0.102. The van der Waals surface area contributed by atoms with Gasteiger partial charge in [-0.2, -0.15) is 0 Å². The third-order valence-electron chi connectivity index (χ3n) is 5.90. The minimum absolute atomic E-state index is 0.148. The lowest BCUT2D eigenvalue weighted by Gasteiger charge is -2.37. The number of carbonyl (C=O) groups is 1. The molecule has 0 radical (unpaired) electrons. The van der Waals surface area contributed by atoms with E-state index >= 15 is 0 Å². The van der Waals surface area contributed by atoms with E-state index in [1.165, 1.54) is 23.9 Å². The average Bonchev–Trinajstić information content (AvgIpc) is 2.74. The highest BCUT2D eigenvalue weighted by molar-refractivity contribution is 6.31. The van der Waals surface area contributed by atoms with Crippen molar-refractivity contribution in [2.24, 2.45) is 0 Å². The van der Waals surface area contributed by atoms with Crippen LogP contribution in [0.2, 0.25) is 5.02 Å². The fourth-order valence-electron chi connectivity index (χ4n) is 4.60. The summed E-state index contributed by atoms with van der Waals surface area (Å²) in [7, 11) is 1.53. The van der Waals surface area contributed by atoms with Crippen LogP contribution in [0.15, 0.2) is 34.7 Å². The van der Waals surface area contributed by atoms with E-state index in [0.29, 0.717) is 16.5 Å². The Bertz CT molecular complexity index is 1230. The Morgan fingerprint density at radius 2 is 2.00 bits per heavy atom. The van der Waals surface area contributed by atoms with Crippen LogP contribution in [0.5, 0.6) is 5.75 Å². The summed E-state index contributed by atoms with van der Waals surface area (Å²) < 4.78 is 11.2. The smallest absolute Gasteiger partial charge is 0.261 e. The molecule has 0 fully saturated rings. The quantitative estimate of drug-likeness (QED) is 0.649. The first kappa shape index (κ1) is 19.0. The number of hydrogen-bond donors (Lipinski definition) is 2. The van der Waals surface area contributed by atoms with Crippen molar-refractivity contribution in [1.29, 1.82) is 5.41 Å². The molecule has 1 aromatic heterocycles. The Hall–Kier alpha value is -2.99. The molecule has 30 heavy (non-hydrogen) atoms. The molecule has 3 aromatic rings. The van der Waals surface area contributed by atoms with Gasteiger partial charge in [-0.15, -0.1) is 0 Å². The Morgan fingerprint density at radius 3 is 2.80 bits per heavy atom. The molecule has 2 aromatic carbocycles. The zero-order valence-electron chi connectivity index (χ0n) is 16.7. The fourth-order valence-corrected chi connectivity index (χ4v) is 4.77. The Morgan fingerprint density at radius 1 is 1.20 bits per heavy atom. The number of rotatable bonds is 3. The molecule has 0 bridgehead atoms. The van der Waals surface area contributed by atoms with E-state index in [-0.39, 0.29) is 11.1 Å². The van der Waals surface area contributed by atoms with Gasteiger partial charge in [0.25, 0.3) is 5.91 Å². The van der Waals surface area contributed by atoms with Crippen LogP contribution in [-0.4, -0.2) is 26.1 Å². The second kappa shape index (κ2) is 7.36. The molecule has 2 aliphatic heterocycles. The van der Waals surface area contributed by atoms with E-state index in [1.807, 2.05) is 0 Å². The van der Waals surface area contributed by atoms with Crippen LogP contribution in [0.1, 0.15) is 34.3 Å². The second-order valence-corrected chi connectivity index (χ2v) is 8.20. The van der Waals surface area contributed by atoms with Gasteiger partial charge in [-0.25, -0.2) is 0 Å². The average molecular weight is 424 g/mol. The number of halogens is 1. The summed E-state index contributed by atoms with van der Waals surface area (Å²) in [5.74, 6) is 0.0646. The Kier molecular flexibility index (Phi) is 4.66. The van der Waals surface area contributed by atoms with Crippen molar-refractivity contribution >= 4 is 39.9 Å². The number of carbonyl (C=O) groups excluding carboxylic acids is 1. The van der Waals surface area contributed by atoms with Crippen LogP contribution in [0.3, 0.4) is 0 Å². The molecule has 5 rings (SSSR count). The van der Waals surface area contributed by atoms with E-state index in [9.17, 15) is 4.79 Å². The number of hydrogen-bond acceptors (Lipinski definition) is 5. The van der Waals surface area contributed by atoms with E-state index in [0.717, 1.165) is 49.7 Å². The van der Waals surface area contributed by atoms with Gasteiger partial charge in [0.2, 0.25) is 5.55 Å². The van der Waals surface area contributed by atoms with Gasteiger partial charge in [0.1, 0.15) is 16.9 Å². The molecule has 0 atom stereocenters. The molecule has 0 saturated carbocycles. The van der Waals surface area contributed by atoms with Crippen LogP contribution in [0.25, 0.3) is 11.0 Å². The summed E-state index contributed by atoms with van der Waals surface area (Å²) in [5.41, 5.74) is 4.96. The van der Waals surface area contributed by atoms with Crippen molar-refractivity contribution in [3.05, 3.63) is 57.6 Å². The molecule has 7 heteroatoms. The van der Waals surface area contributed by atoms with Crippen molar-refractivity contribution in [2.45, 2.75) is 25.7 Å². The summed E-state index contributed by atoms with van der Waals surface area (Å²) in [5, 5.41) is 12.5. The molecule has 0 unspecified atom stereocenters. The predicted molar refractivity (Wildman–Crippen MR) is 117 cm³/mol. The molecule has 0 aliphatic carbocycles.